The van der Waals surface area contributed by atoms with E-state index in [2.05, 4.69) is 26.8 Å². The Morgan fingerprint density at radius 3 is 2.43 bits per heavy atom. The summed E-state index contributed by atoms with van der Waals surface area (Å²) in [5, 5.41) is 0. The maximum absolute atomic E-state index is 10.8. The molecule has 0 aromatic heterocycles. The molecule has 0 amide bonds. The van der Waals surface area contributed by atoms with Gasteiger partial charge < -0.3 is 4.74 Å². The molecule has 0 bridgehead atoms. The monoisotopic (exact) mass is 198 g/mol. The first kappa shape index (κ1) is 13.2. The average molecular weight is 198 g/mol. The molecule has 0 aromatic carbocycles. The van der Waals surface area contributed by atoms with E-state index < -0.39 is 0 Å². The van der Waals surface area contributed by atoms with Crippen LogP contribution in [0.25, 0.3) is 0 Å². The zero-order valence-corrected chi connectivity index (χ0v) is 9.75. The molecule has 82 valence electrons. The molecule has 2 heteroatoms. The number of esters is 1. The van der Waals surface area contributed by atoms with Gasteiger partial charge in [-0.05, 0) is 24.8 Å². The van der Waals surface area contributed by atoms with Gasteiger partial charge in [0.1, 0.15) is 6.10 Å². The van der Waals surface area contributed by atoms with Crippen molar-refractivity contribution in [1.29, 1.82) is 0 Å². The number of carbonyl (C=O) groups excluding carboxylic acids is 1. The second-order valence-electron chi connectivity index (χ2n) is 3.92. The van der Waals surface area contributed by atoms with Crippen LogP contribution in [0.4, 0.5) is 0 Å². The van der Waals surface area contributed by atoms with Crippen LogP contribution in [0.5, 0.6) is 0 Å². The zero-order chi connectivity index (χ0) is 11.0. The van der Waals surface area contributed by atoms with E-state index >= 15 is 0 Å². The van der Waals surface area contributed by atoms with E-state index in [9.17, 15) is 4.79 Å². The standard InChI is InChI=1S/C12H22O2/c1-5-6-7-12(14-11(4)13)9-8-10(2)3/h8-10,12H,5-7H2,1-4H3/b9-8+. The Morgan fingerprint density at radius 1 is 1.36 bits per heavy atom. The van der Waals surface area contributed by atoms with Crippen LogP contribution in [0.2, 0.25) is 0 Å². The lowest BCUT2D eigenvalue weighted by atomic mass is 10.1. The molecule has 0 rings (SSSR count). The first-order chi connectivity index (χ1) is 6.56. The van der Waals surface area contributed by atoms with Crippen LogP contribution in [-0.4, -0.2) is 12.1 Å². The molecule has 0 aromatic rings. The first-order valence-corrected chi connectivity index (χ1v) is 5.41. The van der Waals surface area contributed by atoms with Crippen molar-refractivity contribution in [2.75, 3.05) is 0 Å². The highest BCUT2D eigenvalue weighted by molar-refractivity contribution is 5.66. The first-order valence-electron chi connectivity index (χ1n) is 5.41. The molecule has 0 heterocycles. The van der Waals surface area contributed by atoms with Crippen molar-refractivity contribution in [2.45, 2.75) is 53.1 Å². The molecule has 14 heavy (non-hydrogen) atoms. The molecular weight excluding hydrogens is 176 g/mol. The molecule has 0 saturated heterocycles. The van der Waals surface area contributed by atoms with Crippen molar-refractivity contribution in [1.82, 2.24) is 0 Å². The van der Waals surface area contributed by atoms with Gasteiger partial charge in [0.25, 0.3) is 0 Å². The van der Waals surface area contributed by atoms with Crippen LogP contribution < -0.4 is 0 Å². The van der Waals surface area contributed by atoms with E-state index in [1.165, 1.54) is 6.92 Å². The fourth-order valence-corrected chi connectivity index (χ4v) is 1.16. The highest BCUT2D eigenvalue weighted by atomic mass is 16.5. The van der Waals surface area contributed by atoms with Crippen LogP contribution in [0.1, 0.15) is 47.0 Å². The van der Waals surface area contributed by atoms with E-state index in [1.807, 2.05) is 6.08 Å². The van der Waals surface area contributed by atoms with Crippen molar-refractivity contribution in [2.24, 2.45) is 5.92 Å². The van der Waals surface area contributed by atoms with Crippen molar-refractivity contribution >= 4 is 5.97 Å². The second kappa shape index (κ2) is 7.60. The average Bonchev–Trinajstić information content (AvgIpc) is 2.09. The minimum absolute atomic E-state index is 0.0325. The molecule has 0 aliphatic rings. The molecule has 1 unspecified atom stereocenters. The molecule has 2 nitrogen and oxygen atoms in total. The third kappa shape index (κ3) is 7.84. The second-order valence-corrected chi connectivity index (χ2v) is 3.92. The number of rotatable bonds is 6. The zero-order valence-electron chi connectivity index (χ0n) is 9.75. The van der Waals surface area contributed by atoms with Gasteiger partial charge >= 0.3 is 5.97 Å². The summed E-state index contributed by atoms with van der Waals surface area (Å²) >= 11 is 0. The van der Waals surface area contributed by atoms with E-state index in [-0.39, 0.29) is 12.1 Å². The quantitative estimate of drug-likeness (QED) is 0.483. The van der Waals surface area contributed by atoms with Crippen molar-refractivity contribution < 1.29 is 9.53 Å². The summed E-state index contributed by atoms with van der Waals surface area (Å²) in [4.78, 5) is 10.8. The Morgan fingerprint density at radius 2 is 2.00 bits per heavy atom. The predicted octanol–water partition coefficient (Wildman–Crippen LogP) is 3.32. The van der Waals surface area contributed by atoms with Gasteiger partial charge in [0, 0.05) is 6.92 Å². The molecule has 0 aliphatic carbocycles. The Kier molecular flexibility index (Phi) is 7.17. The highest BCUT2D eigenvalue weighted by Gasteiger charge is 2.07. The number of hydrogen-bond donors (Lipinski definition) is 0. The summed E-state index contributed by atoms with van der Waals surface area (Å²) in [6.45, 7) is 7.82. The number of unbranched alkanes of at least 4 members (excludes halogenated alkanes) is 1. The Balaban J connectivity index is 4.02. The normalized spacial score (nSPS) is 13.5. The summed E-state index contributed by atoms with van der Waals surface area (Å²) in [6.07, 6.45) is 7.22. The molecule has 0 aliphatic heterocycles. The number of ether oxygens (including phenoxy) is 1. The summed E-state index contributed by atoms with van der Waals surface area (Å²) < 4.78 is 5.18. The fourth-order valence-electron chi connectivity index (χ4n) is 1.16. The van der Waals surface area contributed by atoms with Crippen LogP contribution in [0.15, 0.2) is 12.2 Å². The number of allylic oxidation sites excluding steroid dienone is 1. The number of hydrogen-bond acceptors (Lipinski definition) is 2. The fraction of sp³-hybridized carbons (Fsp3) is 0.750. The topological polar surface area (TPSA) is 26.3 Å². The van der Waals surface area contributed by atoms with Crippen molar-refractivity contribution in [3.8, 4) is 0 Å². The smallest absolute Gasteiger partial charge is 0.303 e. The molecule has 0 radical (unpaired) electrons. The molecule has 0 fully saturated rings. The SMILES string of the molecule is CCCCC(/C=C/C(C)C)OC(C)=O. The maximum Gasteiger partial charge on any atom is 0.303 e. The summed E-state index contributed by atoms with van der Waals surface area (Å²) in [5.41, 5.74) is 0. The van der Waals surface area contributed by atoms with Crippen LogP contribution in [-0.2, 0) is 9.53 Å². The minimum Gasteiger partial charge on any atom is -0.458 e. The van der Waals surface area contributed by atoms with Gasteiger partial charge in [-0.15, -0.1) is 0 Å². The lowest BCUT2D eigenvalue weighted by molar-refractivity contribution is -0.144. The van der Waals surface area contributed by atoms with Gasteiger partial charge in [-0.3, -0.25) is 4.79 Å². The van der Waals surface area contributed by atoms with Crippen LogP contribution in [0.3, 0.4) is 0 Å². The highest BCUT2D eigenvalue weighted by Crippen LogP contribution is 2.08. The van der Waals surface area contributed by atoms with Crippen molar-refractivity contribution in [3.63, 3.8) is 0 Å². The predicted molar refractivity (Wildman–Crippen MR) is 59.1 cm³/mol. The summed E-state index contributed by atoms with van der Waals surface area (Å²) in [5.74, 6) is 0.314. The summed E-state index contributed by atoms with van der Waals surface area (Å²) in [6, 6.07) is 0. The van der Waals surface area contributed by atoms with Crippen LogP contribution in [0, 0.1) is 5.92 Å². The lowest BCUT2D eigenvalue weighted by Gasteiger charge is -2.12. The van der Waals surface area contributed by atoms with Gasteiger partial charge in [-0.2, -0.15) is 0 Å². The van der Waals surface area contributed by atoms with Crippen LogP contribution >= 0.6 is 0 Å². The minimum atomic E-state index is -0.195. The van der Waals surface area contributed by atoms with Gasteiger partial charge in [-0.25, -0.2) is 0 Å². The molecular formula is C12H22O2. The third-order valence-corrected chi connectivity index (χ3v) is 1.87. The van der Waals surface area contributed by atoms with E-state index in [0.717, 1.165) is 19.3 Å². The maximum atomic E-state index is 10.8. The van der Waals surface area contributed by atoms with E-state index in [4.69, 9.17) is 4.74 Å². The van der Waals surface area contributed by atoms with Gasteiger partial charge in [0.2, 0.25) is 0 Å². The van der Waals surface area contributed by atoms with Crippen molar-refractivity contribution in [3.05, 3.63) is 12.2 Å². The van der Waals surface area contributed by atoms with Gasteiger partial charge in [-0.1, -0.05) is 33.3 Å². The molecule has 0 spiro atoms. The lowest BCUT2D eigenvalue weighted by Crippen LogP contribution is -2.13. The Hall–Kier alpha value is -0.790. The number of carbonyl (C=O) groups is 1. The van der Waals surface area contributed by atoms with Gasteiger partial charge in [0.05, 0.1) is 0 Å². The Labute approximate surface area is 87.3 Å². The Bertz CT molecular complexity index is 183. The molecule has 0 saturated carbocycles. The molecule has 0 N–H and O–H groups in total. The van der Waals surface area contributed by atoms with E-state index in [1.54, 1.807) is 0 Å². The molecule has 1 atom stereocenters. The van der Waals surface area contributed by atoms with Gasteiger partial charge in [0.15, 0.2) is 0 Å². The largest absolute Gasteiger partial charge is 0.458 e. The van der Waals surface area contributed by atoms with E-state index in [0.29, 0.717) is 5.92 Å². The summed E-state index contributed by atoms with van der Waals surface area (Å²) in [7, 11) is 0. The third-order valence-electron chi connectivity index (χ3n) is 1.87.